The molecule has 6 nitrogen and oxygen atoms in total. The van der Waals surface area contributed by atoms with Crippen molar-refractivity contribution in [3.05, 3.63) is 146 Å². The topological polar surface area (TPSA) is 47.5 Å². The van der Waals surface area contributed by atoms with Gasteiger partial charge in [0.25, 0.3) is 0 Å². The number of para-hydroxylation sites is 2. The van der Waals surface area contributed by atoms with Gasteiger partial charge >= 0.3 is 0 Å². The van der Waals surface area contributed by atoms with Gasteiger partial charge in [-0.05, 0) is 42.5 Å². The van der Waals surface area contributed by atoms with E-state index in [1.54, 1.807) is 6.20 Å². The molecule has 0 spiro atoms. The number of hydrogen-bond acceptors (Lipinski definition) is 5. The number of ether oxygens (including phenoxy) is 2. The molecular formula is C37H33N4O2+. The molecule has 0 aliphatic carbocycles. The van der Waals surface area contributed by atoms with Crippen LogP contribution in [0.4, 0.5) is 22.7 Å². The minimum atomic E-state index is 0.502. The van der Waals surface area contributed by atoms with Gasteiger partial charge < -0.3 is 14.4 Å². The van der Waals surface area contributed by atoms with Crippen LogP contribution in [0.1, 0.15) is 0 Å². The predicted octanol–water partition coefficient (Wildman–Crippen LogP) is 9.39. The fraction of sp³-hybridized carbons (Fsp3) is 0.0811. The first-order chi connectivity index (χ1) is 20.9. The van der Waals surface area contributed by atoms with E-state index in [0.717, 1.165) is 28.3 Å². The Hall–Kier alpha value is -5.46. The van der Waals surface area contributed by atoms with Gasteiger partial charge in [-0.3, -0.25) is 9.47 Å². The third kappa shape index (κ3) is 6.72. The van der Waals surface area contributed by atoms with Gasteiger partial charge in [-0.2, -0.15) is 0 Å². The highest BCUT2D eigenvalue weighted by Gasteiger charge is 2.17. The van der Waals surface area contributed by atoms with Crippen LogP contribution < -0.4 is 18.9 Å². The summed E-state index contributed by atoms with van der Waals surface area (Å²) in [6.07, 6.45) is 3.57. The van der Waals surface area contributed by atoms with E-state index in [2.05, 4.69) is 66.3 Å². The van der Waals surface area contributed by atoms with E-state index >= 15 is 0 Å². The van der Waals surface area contributed by atoms with E-state index in [0.29, 0.717) is 27.6 Å². The van der Waals surface area contributed by atoms with E-state index in [1.165, 1.54) is 5.69 Å². The van der Waals surface area contributed by atoms with Crippen LogP contribution in [-0.4, -0.2) is 31.1 Å². The lowest BCUT2D eigenvalue weighted by molar-refractivity contribution is 0.449. The van der Waals surface area contributed by atoms with Crippen LogP contribution in [0, 0.1) is 0 Å². The molecule has 43 heavy (non-hydrogen) atoms. The first-order valence-electron chi connectivity index (χ1n) is 14.1. The zero-order chi connectivity index (χ0) is 29.6. The first-order valence-corrected chi connectivity index (χ1v) is 14.1. The number of rotatable bonds is 9. The average Bonchev–Trinajstić information content (AvgIpc) is 3.02. The molecule has 6 rings (SSSR count). The Morgan fingerprint density at radius 1 is 0.512 bits per heavy atom. The van der Waals surface area contributed by atoms with Crippen molar-refractivity contribution in [2.75, 3.05) is 26.0 Å². The van der Waals surface area contributed by atoms with Crippen molar-refractivity contribution in [2.24, 2.45) is 0 Å². The molecule has 0 saturated heterocycles. The van der Waals surface area contributed by atoms with Crippen molar-refractivity contribution in [3.8, 4) is 34.4 Å². The van der Waals surface area contributed by atoms with Crippen LogP contribution in [0.3, 0.4) is 0 Å². The molecule has 0 saturated carbocycles. The average molecular weight is 566 g/mol. The number of anilines is 3. The summed E-state index contributed by atoms with van der Waals surface area (Å²) in [6.45, 7) is 0. The third-order valence-electron chi connectivity index (χ3n) is 6.90. The standard InChI is InChI=1S/C37H33N4O2/c1-41(2,3)32-20-22-38-36(26-32)28-13-12-18-33(23-28)42-34-24-31(25-35(27-34)43-37-19-10-11-21-39-37)40(29-14-6-4-7-15-29)30-16-8-5-9-17-30/h4-27H,1-3H3/q+1. The second kappa shape index (κ2) is 12.2. The van der Waals surface area contributed by atoms with Crippen molar-refractivity contribution in [1.29, 1.82) is 0 Å². The summed E-state index contributed by atoms with van der Waals surface area (Å²) in [7, 11) is 6.43. The number of benzene rings is 4. The lowest BCUT2D eigenvalue weighted by atomic mass is 10.1. The van der Waals surface area contributed by atoms with E-state index < -0.39 is 0 Å². The predicted molar refractivity (Wildman–Crippen MR) is 175 cm³/mol. The van der Waals surface area contributed by atoms with Crippen molar-refractivity contribution < 1.29 is 9.47 Å². The molecule has 0 amide bonds. The fourth-order valence-corrected chi connectivity index (χ4v) is 4.78. The molecule has 0 aliphatic heterocycles. The monoisotopic (exact) mass is 565 g/mol. The van der Waals surface area contributed by atoms with Crippen LogP contribution in [0.2, 0.25) is 0 Å². The summed E-state index contributed by atoms with van der Waals surface area (Å²) in [5, 5.41) is 0. The van der Waals surface area contributed by atoms with Crippen molar-refractivity contribution in [2.45, 2.75) is 0 Å². The second-order valence-corrected chi connectivity index (χ2v) is 11.0. The SMILES string of the molecule is C[N+](C)(C)c1ccnc(-c2cccc(Oc3cc(Oc4ccccn4)cc(N(c4ccccc4)c4ccccc4)c3)c2)c1. The summed E-state index contributed by atoms with van der Waals surface area (Å²) in [4.78, 5) is 11.2. The maximum Gasteiger partial charge on any atom is 0.219 e. The van der Waals surface area contributed by atoms with E-state index in [1.807, 2.05) is 109 Å². The van der Waals surface area contributed by atoms with Crippen LogP contribution in [-0.2, 0) is 0 Å². The number of aromatic nitrogens is 2. The number of pyridine rings is 2. The van der Waals surface area contributed by atoms with Crippen molar-refractivity contribution >= 4 is 22.7 Å². The molecule has 0 N–H and O–H groups in total. The largest absolute Gasteiger partial charge is 0.457 e. The van der Waals surface area contributed by atoms with Gasteiger partial charge in [-0.1, -0.05) is 54.6 Å². The Kier molecular flexibility index (Phi) is 7.85. The van der Waals surface area contributed by atoms with Crippen LogP contribution in [0.25, 0.3) is 11.3 Å². The minimum absolute atomic E-state index is 0.502. The molecule has 2 heterocycles. The van der Waals surface area contributed by atoms with Gasteiger partial charge in [-0.15, -0.1) is 0 Å². The molecule has 6 heteroatoms. The normalized spacial score (nSPS) is 11.1. The Labute approximate surface area is 252 Å². The van der Waals surface area contributed by atoms with E-state index in [4.69, 9.17) is 9.47 Å². The summed E-state index contributed by atoms with van der Waals surface area (Å²) < 4.78 is 13.5. The zero-order valence-electron chi connectivity index (χ0n) is 24.5. The summed E-state index contributed by atoms with van der Waals surface area (Å²) in [5.74, 6) is 2.44. The molecule has 0 radical (unpaired) electrons. The Bertz CT molecular complexity index is 1760. The van der Waals surface area contributed by atoms with Gasteiger partial charge in [0.15, 0.2) is 0 Å². The Morgan fingerprint density at radius 3 is 1.84 bits per heavy atom. The molecule has 0 aliphatic rings. The van der Waals surface area contributed by atoms with E-state index in [-0.39, 0.29) is 0 Å². The summed E-state index contributed by atoms with van der Waals surface area (Å²) in [5.41, 5.74) is 5.95. The van der Waals surface area contributed by atoms with Gasteiger partial charge in [0.1, 0.15) is 22.9 Å². The number of hydrogen-bond donors (Lipinski definition) is 0. The molecule has 6 aromatic rings. The maximum atomic E-state index is 6.52. The molecular weight excluding hydrogens is 532 g/mol. The zero-order valence-corrected chi connectivity index (χ0v) is 24.5. The minimum Gasteiger partial charge on any atom is -0.457 e. The quantitative estimate of drug-likeness (QED) is 0.163. The van der Waals surface area contributed by atoms with Crippen LogP contribution >= 0.6 is 0 Å². The molecule has 0 unspecified atom stereocenters. The first kappa shape index (κ1) is 27.7. The van der Waals surface area contributed by atoms with Crippen molar-refractivity contribution in [1.82, 2.24) is 14.5 Å². The molecule has 212 valence electrons. The maximum absolute atomic E-state index is 6.52. The van der Waals surface area contributed by atoms with Gasteiger partial charge in [0.2, 0.25) is 5.88 Å². The molecule has 0 atom stereocenters. The number of quaternary nitrogens is 1. The molecule has 2 aromatic heterocycles. The van der Waals surface area contributed by atoms with Crippen molar-refractivity contribution in [3.63, 3.8) is 0 Å². The second-order valence-electron chi connectivity index (χ2n) is 11.0. The van der Waals surface area contributed by atoms with E-state index in [9.17, 15) is 0 Å². The summed E-state index contributed by atoms with van der Waals surface area (Å²) >= 11 is 0. The molecule has 4 aromatic carbocycles. The highest BCUT2D eigenvalue weighted by Crippen LogP contribution is 2.40. The third-order valence-corrected chi connectivity index (χ3v) is 6.90. The van der Waals surface area contributed by atoms with Gasteiger partial charge in [0, 0.05) is 65.7 Å². The van der Waals surface area contributed by atoms with Gasteiger partial charge in [0.05, 0.1) is 32.5 Å². The lowest BCUT2D eigenvalue weighted by Gasteiger charge is -2.26. The Balaban J connectivity index is 1.41. The number of nitrogens with zero attached hydrogens (tertiary/aromatic N) is 4. The molecule has 0 bridgehead atoms. The van der Waals surface area contributed by atoms with Gasteiger partial charge in [-0.25, -0.2) is 4.98 Å². The highest BCUT2D eigenvalue weighted by molar-refractivity contribution is 5.78. The highest BCUT2D eigenvalue weighted by atomic mass is 16.5. The fourth-order valence-electron chi connectivity index (χ4n) is 4.78. The summed E-state index contributed by atoms with van der Waals surface area (Å²) in [6, 6.07) is 44.2. The molecule has 0 fully saturated rings. The van der Waals surface area contributed by atoms with Crippen LogP contribution in [0.5, 0.6) is 23.1 Å². The lowest BCUT2D eigenvalue weighted by Crippen LogP contribution is -2.34. The smallest absolute Gasteiger partial charge is 0.219 e. The van der Waals surface area contributed by atoms with Crippen LogP contribution in [0.15, 0.2) is 146 Å². The Morgan fingerprint density at radius 2 is 1.19 bits per heavy atom.